The maximum absolute atomic E-state index is 12.7. The largest absolute Gasteiger partial charge is 0.505 e. The molecular weight excluding hydrogens is 233 g/mol. The quantitative estimate of drug-likeness (QED) is 0.600. The van der Waals surface area contributed by atoms with Gasteiger partial charge in [0.25, 0.3) is 0 Å². The van der Waals surface area contributed by atoms with E-state index in [-0.39, 0.29) is 4.47 Å². The summed E-state index contributed by atoms with van der Waals surface area (Å²) in [6, 6.07) is 2.03. The second-order valence-corrected chi connectivity index (χ2v) is 2.93. The van der Waals surface area contributed by atoms with Gasteiger partial charge in [0.1, 0.15) is 0 Å². The van der Waals surface area contributed by atoms with Crippen molar-refractivity contribution in [2.24, 2.45) is 0 Å². The maximum Gasteiger partial charge on any atom is 0.309 e. The third-order valence-electron chi connectivity index (χ3n) is 1.20. The summed E-state index contributed by atoms with van der Waals surface area (Å²) in [4.78, 5) is 9.26. The van der Waals surface area contributed by atoms with Gasteiger partial charge >= 0.3 is 5.69 Å². The fraction of sp³-hybridized carbons (Fsp3) is 0. The normalized spacial score (nSPS) is 9.83. The van der Waals surface area contributed by atoms with Gasteiger partial charge in [-0.2, -0.15) is 4.39 Å². The van der Waals surface area contributed by atoms with Crippen LogP contribution in [-0.2, 0) is 0 Å². The Morgan fingerprint density at radius 2 is 2.17 bits per heavy atom. The number of nitro groups is 1. The molecule has 0 aromatic heterocycles. The van der Waals surface area contributed by atoms with Gasteiger partial charge in [-0.05, 0) is 6.07 Å². The summed E-state index contributed by atoms with van der Waals surface area (Å²) < 4.78 is 13.0. The minimum Gasteiger partial charge on any atom is -0.505 e. The SMILES string of the molecule is O=[N+]([O-])c1cc(Br)cc(O)c1F. The van der Waals surface area contributed by atoms with Gasteiger partial charge in [-0.25, -0.2) is 0 Å². The van der Waals surface area contributed by atoms with Crippen molar-refractivity contribution in [2.45, 2.75) is 0 Å². The van der Waals surface area contributed by atoms with Crippen molar-refractivity contribution in [1.82, 2.24) is 0 Å². The van der Waals surface area contributed by atoms with E-state index in [1.807, 2.05) is 0 Å². The molecule has 64 valence electrons. The topological polar surface area (TPSA) is 63.4 Å². The Labute approximate surface area is 74.9 Å². The van der Waals surface area contributed by atoms with Gasteiger partial charge < -0.3 is 5.11 Å². The van der Waals surface area contributed by atoms with Crippen molar-refractivity contribution in [1.29, 1.82) is 0 Å². The van der Waals surface area contributed by atoms with Gasteiger partial charge in [0, 0.05) is 10.5 Å². The molecule has 1 N–H and O–H groups in total. The van der Waals surface area contributed by atoms with Crippen molar-refractivity contribution >= 4 is 21.6 Å². The fourth-order valence-electron chi connectivity index (χ4n) is 0.694. The molecule has 12 heavy (non-hydrogen) atoms. The smallest absolute Gasteiger partial charge is 0.309 e. The van der Waals surface area contributed by atoms with Crippen molar-refractivity contribution in [3.05, 3.63) is 32.5 Å². The fourth-order valence-corrected chi connectivity index (χ4v) is 1.13. The first-order valence-electron chi connectivity index (χ1n) is 2.85. The molecule has 0 aliphatic heterocycles. The molecule has 0 aliphatic rings. The highest BCUT2D eigenvalue weighted by Crippen LogP contribution is 2.29. The summed E-state index contributed by atoms with van der Waals surface area (Å²) in [5, 5.41) is 19.0. The zero-order valence-electron chi connectivity index (χ0n) is 5.62. The number of phenolic OH excluding ortho intramolecular Hbond substituents is 1. The van der Waals surface area contributed by atoms with Crippen LogP contribution < -0.4 is 0 Å². The summed E-state index contributed by atoms with van der Waals surface area (Å²) in [5.41, 5.74) is -0.748. The van der Waals surface area contributed by atoms with Crippen molar-refractivity contribution in [3.8, 4) is 5.75 Å². The first kappa shape index (κ1) is 8.92. The molecule has 0 aliphatic carbocycles. The average molecular weight is 236 g/mol. The van der Waals surface area contributed by atoms with Gasteiger partial charge in [0.15, 0.2) is 5.75 Å². The molecule has 0 bridgehead atoms. The van der Waals surface area contributed by atoms with Crippen LogP contribution in [0.2, 0.25) is 0 Å². The standard InChI is InChI=1S/C6H3BrFNO3/c7-3-1-4(9(11)12)6(8)5(10)2-3/h1-2,10H. The Hall–Kier alpha value is -1.17. The number of phenols is 1. The van der Waals surface area contributed by atoms with Gasteiger partial charge in [-0.1, -0.05) is 15.9 Å². The predicted octanol–water partition coefficient (Wildman–Crippen LogP) is 2.20. The predicted molar refractivity (Wildman–Crippen MR) is 42.4 cm³/mol. The van der Waals surface area contributed by atoms with Gasteiger partial charge in [-0.15, -0.1) is 0 Å². The molecular formula is C6H3BrFNO3. The van der Waals surface area contributed by atoms with Crippen LogP contribution in [0.4, 0.5) is 10.1 Å². The number of benzene rings is 1. The second kappa shape index (κ2) is 3.06. The van der Waals surface area contributed by atoms with Gasteiger partial charge in [-0.3, -0.25) is 10.1 Å². The van der Waals surface area contributed by atoms with Crippen LogP contribution in [-0.4, -0.2) is 10.0 Å². The van der Waals surface area contributed by atoms with Crippen LogP contribution in [0, 0.1) is 15.9 Å². The minimum atomic E-state index is -1.22. The van der Waals surface area contributed by atoms with Crippen LogP contribution in [0.3, 0.4) is 0 Å². The maximum atomic E-state index is 12.7. The molecule has 0 atom stereocenters. The average Bonchev–Trinajstić information content (AvgIpc) is 1.96. The lowest BCUT2D eigenvalue weighted by atomic mass is 10.3. The second-order valence-electron chi connectivity index (χ2n) is 2.02. The summed E-state index contributed by atoms with van der Waals surface area (Å²) in [5.74, 6) is -1.96. The third-order valence-corrected chi connectivity index (χ3v) is 1.65. The van der Waals surface area contributed by atoms with Crippen molar-refractivity contribution in [2.75, 3.05) is 0 Å². The van der Waals surface area contributed by atoms with E-state index in [4.69, 9.17) is 5.11 Å². The zero-order valence-corrected chi connectivity index (χ0v) is 7.21. The van der Waals surface area contributed by atoms with Gasteiger partial charge in [0.05, 0.1) is 4.92 Å². The molecule has 0 spiro atoms. The van der Waals surface area contributed by atoms with E-state index in [0.29, 0.717) is 0 Å². The molecule has 0 amide bonds. The molecule has 0 saturated heterocycles. The van der Waals surface area contributed by atoms with E-state index in [0.717, 1.165) is 12.1 Å². The molecule has 1 aromatic rings. The molecule has 4 nitrogen and oxygen atoms in total. The van der Waals surface area contributed by atoms with Crippen LogP contribution in [0.15, 0.2) is 16.6 Å². The Balaban J connectivity index is 3.37. The highest BCUT2D eigenvalue weighted by atomic mass is 79.9. The lowest BCUT2D eigenvalue weighted by Crippen LogP contribution is -1.92. The molecule has 6 heteroatoms. The van der Waals surface area contributed by atoms with Crippen LogP contribution >= 0.6 is 15.9 Å². The Morgan fingerprint density at radius 1 is 1.58 bits per heavy atom. The first-order chi connectivity index (χ1) is 5.52. The highest BCUT2D eigenvalue weighted by Gasteiger charge is 2.18. The number of nitrogens with zero attached hydrogens (tertiary/aromatic N) is 1. The van der Waals surface area contributed by atoms with E-state index in [9.17, 15) is 14.5 Å². The van der Waals surface area contributed by atoms with Gasteiger partial charge in [0.2, 0.25) is 5.82 Å². The number of hydrogen-bond acceptors (Lipinski definition) is 3. The molecule has 0 heterocycles. The molecule has 0 radical (unpaired) electrons. The summed E-state index contributed by atoms with van der Waals surface area (Å²) in [7, 11) is 0. The highest BCUT2D eigenvalue weighted by molar-refractivity contribution is 9.10. The summed E-state index contributed by atoms with van der Waals surface area (Å²) in [6.45, 7) is 0. The molecule has 0 fully saturated rings. The molecule has 0 unspecified atom stereocenters. The minimum absolute atomic E-state index is 0.258. The van der Waals surface area contributed by atoms with E-state index in [1.165, 1.54) is 0 Å². The Morgan fingerprint density at radius 3 is 2.67 bits per heavy atom. The lowest BCUT2D eigenvalue weighted by molar-refractivity contribution is -0.387. The van der Waals surface area contributed by atoms with E-state index in [1.54, 1.807) is 0 Å². The summed E-state index contributed by atoms with van der Waals surface area (Å²) in [6.07, 6.45) is 0. The third kappa shape index (κ3) is 1.53. The van der Waals surface area contributed by atoms with Crippen molar-refractivity contribution in [3.63, 3.8) is 0 Å². The van der Waals surface area contributed by atoms with E-state index < -0.39 is 22.2 Å². The van der Waals surface area contributed by atoms with Crippen molar-refractivity contribution < 1.29 is 14.4 Å². The van der Waals surface area contributed by atoms with Crippen LogP contribution in [0.5, 0.6) is 5.75 Å². The number of hydrogen-bond donors (Lipinski definition) is 1. The number of aromatic hydroxyl groups is 1. The molecule has 0 saturated carbocycles. The number of halogens is 2. The lowest BCUT2D eigenvalue weighted by Gasteiger charge is -1.97. The van der Waals surface area contributed by atoms with Crippen LogP contribution in [0.1, 0.15) is 0 Å². The Kier molecular flexibility index (Phi) is 2.27. The number of rotatable bonds is 1. The monoisotopic (exact) mass is 235 g/mol. The zero-order chi connectivity index (χ0) is 9.30. The van der Waals surface area contributed by atoms with E-state index in [2.05, 4.69) is 15.9 Å². The summed E-state index contributed by atoms with van der Waals surface area (Å²) >= 11 is 2.88. The number of nitro benzene ring substituents is 1. The Bertz CT molecular complexity index is 342. The van der Waals surface area contributed by atoms with Crippen LogP contribution in [0.25, 0.3) is 0 Å². The van der Waals surface area contributed by atoms with E-state index >= 15 is 0 Å². The molecule has 1 rings (SSSR count). The molecule has 1 aromatic carbocycles. The first-order valence-corrected chi connectivity index (χ1v) is 3.64.